The van der Waals surface area contributed by atoms with E-state index in [-0.39, 0.29) is 17.1 Å². The molecular formula is C14H21N5O4. The smallest absolute Gasteiger partial charge is 0.280 e. The molecule has 3 rings (SSSR count). The molecule has 1 saturated heterocycles. The van der Waals surface area contributed by atoms with Gasteiger partial charge in [0.2, 0.25) is 5.95 Å². The van der Waals surface area contributed by atoms with Crippen molar-refractivity contribution in [3.05, 3.63) is 16.7 Å². The van der Waals surface area contributed by atoms with Gasteiger partial charge < -0.3 is 20.7 Å². The SMILES string of the molecule is CC1(C)O[C@@](C)(n2cnc3c(=O)[nH]c(N)nc32)C(C)(O)C1(C)O. The highest BCUT2D eigenvalue weighted by atomic mass is 16.6. The highest BCUT2D eigenvalue weighted by Gasteiger charge is 2.71. The van der Waals surface area contributed by atoms with Crippen LogP contribution < -0.4 is 11.3 Å². The molecule has 2 unspecified atom stereocenters. The van der Waals surface area contributed by atoms with Crippen molar-refractivity contribution in [1.29, 1.82) is 0 Å². The van der Waals surface area contributed by atoms with Crippen molar-refractivity contribution in [2.24, 2.45) is 0 Å². The average Bonchev–Trinajstić information content (AvgIpc) is 2.84. The minimum absolute atomic E-state index is 0.0727. The van der Waals surface area contributed by atoms with E-state index in [1.54, 1.807) is 20.8 Å². The number of ether oxygens (including phenoxy) is 1. The van der Waals surface area contributed by atoms with Crippen LogP contribution in [0.4, 0.5) is 5.95 Å². The fourth-order valence-corrected chi connectivity index (χ4v) is 3.26. The van der Waals surface area contributed by atoms with Crippen molar-refractivity contribution in [3.8, 4) is 0 Å². The van der Waals surface area contributed by atoms with Crippen LogP contribution in [-0.4, -0.2) is 46.5 Å². The number of anilines is 1. The first-order valence-electron chi connectivity index (χ1n) is 7.23. The summed E-state index contributed by atoms with van der Waals surface area (Å²) in [4.78, 5) is 22.4. The van der Waals surface area contributed by atoms with E-state index in [9.17, 15) is 15.0 Å². The van der Waals surface area contributed by atoms with Crippen LogP contribution in [0.5, 0.6) is 0 Å². The van der Waals surface area contributed by atoms with Gasteiger partial charge in [-0.1, -0.05) is 0 Å². The van der Waals surface area contributed by atoms with E-state index < -0.39 is 28.1 Å². The molecule has 9 nitrogen and oxygen atoms in total. The van der Waals surface area contributed by atoms with Gasteiger partial charge in [-0.3, -0.25) is 14.3 Å². The van der Waals surface area contributed by atoms with E-state index in [1.165, 1.54) is 24.7 Å². The number of aromatic nitrogens is 4. The predicted molar refractivity (Wildman–Crippen MR) is 82.6 cm³/mol. The standard InChI is InChI=1S/C14H21N5O4/c1-11(2)12(3,21)13(4,22)14(5,23-11)19-6-16-7-8(19)17-10(15)18-9(7)20/h6,21-22H,1-5H3,(H3,15,17,18,20)/t12?,13?,14-/m1/s1. The highest BCUT2D eigenvalue weighted by molar-refractivity contribution is 5.71. The van der Waals surface area contributed by atoms with Crippen molar-refractivity contribution in [2.75, 3.05) is 5.73 Å². The molecule has 1 aliphatic rings. The maximum absolute atomic E-state index is 11.9. The molecule has 23 heavy (non-hydrogen) atoms. The number of H-pyrrole nitrogens is 1. The number of fused-ring (bicyclic) bond motifs is 1. The molecule has 1 fully saturated rings. The summed E-state index contributed by atoms with van der Waals surface area (Å²) in [5, 5.41) is 21.9. The molecule has 0 saturated carbocycles. The van der Waals surface area contributed by atoms with Crippen LogP contribution in [0.15, 0.2) is 11.1 Å². The Morgan fingerprint density at radius 3 is 2.35 bits per heavy atom. The minimum Gasteiger partial charge on any atom is -0.384 e. The van der Waals surface area contributed by atoms with E-state index in [2.05, 4.69) is 15.0 Å². The molecule has 0 bridgehead atoms. The lowest BCUT2D eigenvalue weighted by molar-refractivity contribution is -0.187. The number of nitrogens with zero attached hydrogens (tertiary/aromatic N) is 3. The second-order valence-electron chi connectivity index (χ2n) is 6.98. The van der Waals surface area contributed by atoms with Crippen molar-refractivity contribution >= 4 is 17.1 Å². The number of nitrogen functional groups attached to an aromatic ring is 1. The molecule has 0 radical (unpaired) electrons. The molecule has 126 valence electrons. The fourth-order valence-electron chi connectivity index (χ4n) is 3.26. The molecule has 0 spiro atoms. The van der Waals surface area contributed by atoms with Gasteiger partial charge in [0.1, 0.15) is 11.2 Å². The lowest BCUT2D eigenvalue weighted by Gasteiger charge is -2.41. The Morgan fingerprint density at radius 1 is 1.22 bits per heavy atom. The Kier molecular flexibility index (Phi) is 2.84. The zero-order valence-electron chi connectivity index (χ0n) is 13.7. The van der Waals surface area contributed by atoms with Crippen LogP contribution in [0, 0.1) is 0 Å². The van der Waals surface area contributed by atoms with Crippen LogP contribution >= 0.6 is 0 Å². The molecular weight excluding hydrogens is 302 g/mol. The Morgan fingerprint density at radius 2 is 1.83 bits per heavy atom. The number of aromatic amines is 1. The van der Waals surface area contributed by atoms with Gasteiger partial charge in [-0.2, -0.15) is 4.98 Å². The van der Waals surface area contributed by atoms with Crippen molar-refractivity contribution < 1.29 is 14.9 Å². The summed E-state index contributed by atoms with van der Waals surface area (Å²) < 4.78 is 7.46. The van der Waals surface area contributed by atoms with Gasteiger partial charge in [-0.05, 0) is 34.6 Å². The van der Waals surface area contributed by atoms with Crippen molar-refractivity contribution in [2.45, 2.75) is 57.1 Å². The number of aliphatic hydroxyl groups is 2. The lowest BCUT2D eigenvalue weighted by atomic mass is 9.73. The third kappa shape index (κ3) is 1.69. The van der Waals surface area contributed by atoms with Crippen molar-refractivity contribution in [1.82, 2.24) is 19.5 Å². The molecule has 9 heteroatoms. The summed E-state index contributed by atoms with van der Waals surface area (Å²) in [7, 11) is 0. The summed E-state index contributed by atoms with van der Waals surface area (Å²) in [6.07, 6.45) is 1.35. The Bertz CT molecular complexity index is 850. The molecule has 3 heterocycles. The zero-order chi connectivity index (χ0) is 17.4. The number of imidazole rings is 1. The third-order valence-corrected chi connectivity index (χ3v) is 5.36. The van der Waals surface area contributed by atoms with Crippen LogP contribution in [0.1, 0.15) is 34.6 Å². The van der Waals surface area contributed by atoms with Gasteiger partial charge in [0.25, 0.3) is 5.56 Å². The number of hydrogen-bond donors (Lipinski definition) is 4. The maximum atomic E-state index is 11.9. The zero-order valence-corrected chi connectivity index (χ0v) is 13.7. The Hall–Kier alpha value is -1.97. The van der Waals surface area contributed by atoms with E-state index in [4.69, 9.17) is 10.5 Å². The quantitative estimate of drug-likeness (QED) is 0.564. The van der Waals surface area contributed by atoms with E-state index in [0.717, 1.165) is 0 Å². The number of rotatable bonds is 1. The molecule has 1 aliphatic heterocycles. The summed E-state index contributed by atoms with van der Waals surface area (Å²) in [6, 6.07) is 0. The minimum atomic E-state index is -1.70. The lowest BCUT2D eigenvalue weighted by Crippen LogP contribution is -2.61. The monoisotopic (exact) mass is 323 g/mol. The van der Waals surface area contributed by atoms with E-state index >= 15 is 0 Å². The Labute approximate surface area is 132 Å². The first kappa shape index (κ1) is 15.9. The van der Waals surface area contributed by atoms with Crippen molar-refractivity contribution in [3.63, 3.8) is 0 Å². The summed E-state index contributed by atoms with van der Waals surface area (Å²) in [6.45, 7) is 7.95. The first-order chi connectivity index (χ1) is 10.3. The molecule has 5 N–H and O–H groups in total. The van der Waals surface area contributed by atoms with Gasteiger partial charge in [-0.25, -0.2) is 4.98 Å². The van der Waals surface area contributed by atoms with Crippen LogP contribution in [0.3, 0.4) is 0 Å². The topological polar surface area (TPSA) is 139 Å². The van der Waals surface area contributed by atoms with E-state index in [0.29, 0.717) is 0 Å². The van der Waals surface area contributed by atoms with Crippen LogP contribution in [0.25, 0.3) is 11.2 Å². The Balaban J connectivity index is 2.33. The number of hydrogen-bond acceptors (Lipinski definition) is 7. The summed E-state index contributed by atoms with van der Waals surface area (Å²) in [5.74, 6) is -0.0727. The predicted octanol–water partition coefficient (Wildman–Crippen LogP) is -0.315. The molecule has 0 aliphatic carbocycles. The molecule has 0 amide bonds. The van der Waals surface area contributed by atoms with E-state index in [1.807, 2.05) is 0 Å². The van der Waals surface area contributed by atoms with Gasteiger partial charge in [0.05, 0.1) is 11.9 Å². The number of nitrogens with two attached hydrogens (primary N) is 1. The number of nitrogens with one attached hydrogen (secondary N) is 1. The molecule has 2 aromatic heterocycles. The first-order valence-corrected chi connectivity index (χ1v) is 7.23. The van der Waals surface area contributed by atoms with Gasteiger partial charge in [-0.15, -0.1) is 0 Å². The largest absolute Gasteiger partial charge is 0.384 e. The third-order valence-electron chi connectivity index (χ3n) is 5.36. The van der Waals surface area contributed by atoms with Crippen LogP contribution in [-0.2, 0) is 10.5 Å². The van der Waals surface area contributed by atoms with Gasteiger partial charge in [0.15, 0.2) is 16.9 Å². The van der Waals surface area contributed by atoms with Gasteiger partial charge in [0, 0.05) is 0 Å². The molecule has 0 aromatic carbocycles. The highest BCUT2D eigenvalue weighted by Crippen LogP contribution is 2.54. The van der Waals surface area contributed by atoms with Crippen LogP contribution in [0.2, 0.25) is 0 Å². The summed E-state index contributed by atoms with van der Waals surface area (Å²) >= 11 is 0. The fraction of sp³-hybridized carbons (Fsp3) is 0.643. The normalized spacial score (nSPS) is 36.7. The molecule has 3 atom stereocenters. The second kappa shape index (κ2) is 4.11. The van der Waals surface area contributed by atoms with Gasteiger partial charge >= 0.3 is 0 Å². The summed E-state index contributed by atoms with van der Waals surface area (Å²) in [5.41, 5.74) is -0.382. The maximum Gasteiger partial charge on any atom is 0.280 e. The molecule has 2 aromatic rings. The average molecular weight is 323 g/mol. The second-order valence-corrected chi connectivity index (χ2v) is 6.98.